The SMILES string of the molecule is CC(=O)N(CC(F)F)c1ccc(-c2ccc(N)cn2)cc1Cl. The van der Waals surface area contributed by atoms with Gasteiger partial charge in [0.2, 0.25) is 5.91 Å². The molecule has 0 fully saturated rings. The fraction of sp³-hybridized carbons (Fsp3) is 0.200. The number of alkyl halides is 2. The van der Waals surface area contributed by atoms with Gasteiger partial charge in [-0.15, -0.1) is 0 Å². The standard InChI is InChI=1S/C15H14ClF2N3O/c1-9(22)21(8-15(17)18)14-5-2-10(6-12(14)16)13-4-3-11(19)7-20-13/h2-7,15H,8,19H2,1H3. The summed E-state index contributed by atoms with van der Waals surface area (Å²) >= 11 is 6.14. The largest absolute Gasteiger partial charge is 0.397 e. The Morgan fingerprint density at radius 3 is 2.59 bits per heavy atom. The molecule has 22 heavy (non-hydrogen) atoms. The number of rotatable bonds is 4. The van der Waals surface area contributed by atoms with Crippen LogP contribution in [0.5, 0.6) is 0 Å². The molecule has 0 aliphatic heterocycles. The van der Waals surface area contributed by atoms with Crippen molar-refractivity contribution in [3.05, 3.63) is 41.6 Å². The van der Waals surface area contributed by atoms with E-state index in [1.165, 1.54) is 19.2 Å². The Labute approximate surface area is 131 Å². The van der Waals surface area contributed by atoms with Crippen LogP contribution in [0.4, 0.5) is 20.2 Å². The van der Waals surface area contributed by atoms with Crippen LogP contribution in [0.25, 0.3) is 11.3 Å². The molecule has 2 rings (SSSR count). The van der Waals surface area contributed by atoms with Crippen molar-refractivity contribution in [3.8, 4) is 11.3 Å². The minimum atomic E-state index is -2.64. The number of carbonyl (C=O) groups excluding carboxylic acids is 1. The lowest BCUT2D eigenvalue weighted by atomic mass is 10.1. The summed E-state index contributed by atoms with van der Waals surface area (Å²) in [6.45, 7) is 0.517. The van der Waals surface area contributed by atoms with Crippen molar-refractivity contribution < 1.29 is 13.6 Å². The van der Waals surface area contributed by atoms with Gasteiger partial charge < -0.3 is 10.6 Å². The number of hydrogen-bond acceptors (Lipinski definition) is 3. The second-order valence-electron chi connectivity index (χ2n) is 4.66. The average Bonchev–Trinajstić information content (AvgIpc) is 2.45. The van der Waals surface area contributed by atoms with E-state index in [2.05, 4.69) is 4.98 Å². The van der Waals surface area contributed by atoms with Crippen molar-refractivity contribution in [3.63, 3.8) is 0 Å². The Morgan fingerprint density at radius 2 is 2.09 bits per heavy atom. The molecule has 0 spiro atoms. The Kier molecular flexibility index (Phi) is 4.92. The van der Waals surface area contributed by atoms with Gasteiger partial charge in [0.1, 0.15) is 0 Å². The molecule has 0 radical (unpaired) electrons. The third-order valence-corrected chi connectivity index (χ3v) is 3.32. The van der Waals surface area contributed by atoms with Crippen molar-refractivity contribution in [2.45, 2.75) is 13.3 Å². The first-order valence-electron chi connectivity index (χ1n) is 6.46. The normalized spacial score (nSPS) is 10.8. The molecule has 0 aliphatic carbocycles. The topological polar surface area (TPSA) is 59.2 Å². The minimum Gasteiger partial charge on any atom is -0.397 e. The Balaban J connectivity index is 2.36. The van der Waals surface area contributed by atoms with Crippen LogP contribution in [0.1, 0.15) is 6.92 Å². The van der Waals surface area contributed by atoms with E-state index in [4.69, 9.17) is 17.3 Å². The highest BCUT2D eigenvalue weighted by Crippen LogP contribution is 2.31. The smallest absolute Gasteiger partial charge is 0.256 e. The summed E-state index contributed by atoms with van der Waals surface area (Å²) in [7, 11) is 0. The quantitative estimate of drug-likeness (QED) is 0.934. The van der Waals surface area contributed by atoms with E-state index in [1.54, 1.807) is 24.3 Å². The van der Waals surface area contributed by atoms with Crippen LogP contribution in [-0.4, -0.2) is 23.9 Å². The lowest BCUT2D eigenvalue weighted by Gasteiger charge is -2.22. The summed E-state index contributed by atoms with van der Waals surface area (Å²) in [5.41, 5.74) is 7.70. The molecule has 1 aromatic carbocycles. The highest BCUT2D eigenvalue weighted by molar-refractivity contribution is 6.34. The molecule has 7 heteroatoms. The van der Waals surface area contributed by atoms with Crippen LogP contribution in [-0.2, 0) is 4.79 Å². The van der Waals surface area contributed by atoms with Crippen LogP contribution in [0.2, 0.25) is 5.02 Å². The summed E-state index contributed by atoms with van der Waals surface area (Å²) in [4.78, 5) is 16.6. The molecule has 0 unspecified atom stereocenters. The number of anilines is 2. The zero-order valence-electron chi connectivity index (χ0n) is 11.8. The molecule has 116 valence electrons. The van der Waals surface area contributed by atoms with Gasteiger partial charge in [0, 0.05) is 12.5 Å². The molecule has 0 aliphatic rings. The van der Waals surface area contributed by atoms with Gasteiger partial charge in [-0.2, -0.15) is 0 Å². The first-order valence-corrected chi connectivity index (χ1v) is 6.84. The molecule has 0 saturated heterocycles. The molecule has 4 nitrogen and oxygen atoms in total. The summed E-state index contributed by atoms with van der Waals surface area (Å²) in [6, 6.07) is 8.20. The minimum absolute atomic E-state index is 0.201. The van der Waals surface area contributed by atoms with Crippen molar-refractivity contribution >= 4 is 28.9 Å². The highest BCUT2D eigenvalue weighted by Gasteiger charge is 2.19. The van der Waals surface area contributed by atoms with Crippen molar-refractivity contribution in [2.24, 2.45) is 0 Å². The molecular weight excluding hydrogens is 312 g/mol. The fourth-order valence-electron chi connectivity index (χ4n) is 2.00. The number of pyridine rings is 1. The van der Waals surface area contributed by atoms with E-state index in [9.17, 15) is 13.6 Å². The Morgan fingerprint density at radius 1 is 1.36 bits per heavy atom. The maximum Gasteiger partial charge on any atom is 0.256 e. The molecule has 0 atom stereocenters. The zero-order chi connectivity index (χ0) is 16.3. The number of benzene rings is 1. The number of nitrogens with zero attached hydrogens (tertiary/aromatic N) is 2. The van der Waals surface area contributed by atoms with Crippen LogP contribution in [0.15, 0.2) is 36.5 Å². The maximum atomic E-state index is 12.6. The highest BCUT2D eigenvalue weighted by atomic mass is 35.5. The molecule has 1 amide bonds. The number of hydrogen-bond donors (Lipinski definition) is 1. The van der Waals surface area contributed by atoms with E-state index in [1.807, 2.05) is 0 Å². The van der Waals surface area contributed by atoms with Crippen molar-refractivity contribution in [1.82, 2.24) is 4.98 Å². The molecule has 2 N–H and O–H groups in total. The molecule has 0 saturated carbocycles. The van der Waals surface area contributed by atoms with E-state index in [0.717, 1.165) is 4.90 Å². The number of carbonyl (C=O) groups is 1. The molecule has 0 bridgehead atoms. The molecule has 1 heterocycles. The van der Waals surface area contributed by atoms with Crippen LogP contribution < -0.4 is 10.6 Å². The number of halogens is 3. The van der Waals surface area contributed by atoms with Gasteiger partial charge >= 0.3 is 0 Å². The molecule has 1 aromatic heterocycles. The van der Waals surface area contributed by atoms with Crippen LogP contribution in [0, 0.1) is 0 Å². The van der Waals surface area contributed by atoms with E-state index < -0.39 is 18.9 Å². The summed E-state index contributed by atoms with van der Waals surface area (Å²) < 4.78 is 25.2. The van der Waals surface area contributed by atoms with Crippen LogP contribution in [0.3, 0.4) is 0 Å². The van der Waals surface area contributed by atoms with Crippen molar-refractivity contribution in [2.75, 3.05) is 17.2 Å². The third-order valence-electron chi connectivity index (χ3n) is 3.02. The second-order valence-corrected chi connectivity index (χ2v) is 5.07. The predicted octanol–water partition coefficient (Wildman–Crippen LogP) is 3.60. The summed E-state index contributed by atoms with van der Waals surface area (Å²) in [5.74, 6) is -0.499. The van der Waals surface area contributed by atoms with Crippen LogP contribution >= 0.6 is 11.6 Å². The average molecular weight is 326 g/mol. The number of amides is 1. The number of nitrogen functional groups attached to an aromatic ring is 1. The van der Waals surface area contributed by atoms with Crippen molar-refractivity contribution in [1.29, 1.82) is 0 Å². The molecule has 2 aromatic rings. The monoisotopic (exact) mass is 325 g/mol. The Bertz CT molecular complexity index is 677. The van der Waals surface area contributed by atoms with Gasteiger partial charge in [0.25, 0.3) is 6.43 Å². The van der Waals surface area contributed by atoms with Gasteiger partial charge in [0.05, 0.1) is 34.8 Å². The lowest BCUT2D eigenvalue weighted by molar-refractivity contribution is -0.117. The summed E-state index contributed by atoms with van der Waals surface area (Å²) in [5, 5.41) is 0.201. The molecular formula is C15H14ClF2N3O. The Hall–Kier alpha value is -2.21. The van der Waals surface area contributed by atoms with E-state index in [0.29, 0.717) is 16.9 Å². The first-order chi connectivity index (χ1) is 10.4. The van der Waals surface area contributed by atoms with Gasteiger partial charge in [0.15, 0.2) is 0 Å². The second kappa shape index (κ2) is 6.70. The van der Waals surface area contributed by atoms with E-state index >= 15 is 0 Å². The summed E-state index contributed by atoms with van der Waals surface area (Å²) in [6.07, 6.45) is -1.13. The maximum absolute atomic E-state index is 12.6. The lowest BCUT2D eigenvalue weighted by Crippen LogP contribution is -2.33. The van der Waals surface area contributed by atoms with Gasteiger partial charge in [-0.25, -0.2) is 8.78 Å². The first kappa shape index (κ1) is 16.2. The predicted molar refractivity (Wildman–Crippen MR) is 83.1 cm³/mol. The van der Waals surface area contributed by atoms with Gasteiger partial charge in [-0.3, -0.25) is 9.78 Å². The van der Waals surface area contributed by atoms with Gasteiger partial charge in [-0.05, 0) is 24.3 Å². The number of nitrogens with two attached hydrogens (primary N) is 1. The zero-order valence-corrected chi connectivity index (χ0v) is 12.5. The van der Waals surface area contributed by atoms with Gasteiger partial charge in [-0.1, -0.05) is 17.7 Å². The third kappa shape index (κ3) is 3.71. The van der Waals surface area contributed by atoms with E-state index in [-0.39, 0.29) is 10.7 Å². The number of aromatic nitrogens is 1. The fourth-order valence-corrected chi connectivity index (χ4v) is 2.28.